The van der Waals surface area contributed by atoms with E-state index in [1.54, 1.807) is 11.8 Å². The summed E-state index contributed by atoms with van der Waals surface area (Å²) >= 11 is 0. The molecule has 0 bridgehead atoms. The summed E-state index contributed by atoms with van der Waals surface area (Å²) in [7, 11) is -2.95. The van der Waals surface area contributed by atoms with Gasteiger partial charge < -0.3 is 9.64 Å². The molecule has 0 spiro atoms. The second-order valence-electron chi connectivity index (χ2n) is 5.90. The van der Waals surface area contributed by atoms with Crippen LogP contribution in [0.3, 0.4) is 0 Å². The number of amides is 1. The molecule has 0 radical (unpaired) electrons. The van der Waals surface area contributed by atoms with Crippen molar-refractivity contribution in [1.82, 2.24) is 4.90 Å². The fourth-order valence-electron chi connectivity index (χ4n) is 3.07. The van der Waals surface area contributed by atoms with Crippen molar-refractivity contribution in [2.75, 3.05) is 31.2 Å². The minimum atomic E-state index is -2.95. The number of carbonyl (C=O) groups excluding carboxylic acids is 2. The number of hydrogen-bond donors (Lipinski definition) is 0. The average molecular weight is 317 g/mol. The van der Waals surface area contributed by atoms with E-state index in [1.807, 2.05) is 0 Å². The van der Waals surface area contributed by atoms with Crippen molar-refractivity contribution in [1.29, 1.82) is 0 Å². The smallest absolute Gasteiger partial charge is 0.310 e. The van der Waals surface area contributed by atoms with Crippen LogP contribution in [0.4, 0.5) is 0 Å². The van der Waals surface area contributed by atoms with E-state index in [1.165, 1.54) is 0 Å². The van der Waals surface area contributed by atoms with E-state index in [9.17, 15) is 18.0 Å². The number of likely N-dealkylation sites (tertiary alicyclic amines) is 1. The fraction of sp³-hybridized carbons (Fsp3) is 0.857. The van der Waals surface area contributed by atoms with Crippen LogP contribution in [0.15, 0.2) is 0 Å². The summed E-state index contributed by atoms with van der Waals surface area (Å²) in [6, 6.07) is 0. The first-order valence-corrected chi connectivity index (χ1v) is 9.38. The number of esters is 1. The maximum atomic E-state index is 12.3. The quantitative estimate of drug-likeness (QED) is 0.710. The Morgan fingerprint density at radius 1 is 1.29 bits per heavy atom. The molecule has 0 N–H and O–H groups in total. The Bertz CT molecular complexity index is 501. The molecule has 0 aromatic rings. The van der Waals surface area contributed by atoms with Crippen LogP contribution < -0.4 is 0 Å². The lowest BCUT2D eigenvalue weighted by Gasteiger charge is -2.32. The van der Waals surface area contributed by atoms with Crippen molar-refractivity contribution in [2.24, 2.45) is 11.8 Å². The van der Waals surface area contributed by atoms with Gasteiger partial charge in [0.15, 0.2) is 9.84 Å². The lowest BCUT2D eigenvalue weighted by atomic mass is 9.96. The van der Waals surface area contributed by atoms with Gasteiger partial charge in [-0.25, -0.2) is 8.42 Å². The Hall–Kier alpha value is -1.11. The first-order chi connectivity index (χ1) is 9.91. The summed E-state index contributed by atoms with van der Waals surface area (Å²) in [5, 5.41) is 0. The van der Waals surface area contributed by atoms with Gasteiger partial charge in [-0.2, -0.15) is 0 Å². The Labute approximate surface area is 125 Å². The number of hydrogen-bond acceptors (Lipinski definition) is 5. The molecule has 1 amide bonds. The van der Waals surface area contributed by atoms with Gasteiger partial charge >= 0.3 is 5.97 Å². The van der Waals surface area contributed by atoms with Crippen LogP contribution in [0.1, 0.15) is 32.6 Å². The van der Waals surface area contributed by atoms with Gasteiger partial charge in [0, 0.05) is 19.5 Å². The predicted octanol–water partition coefficient (Wildman–Crippen LogP) is 0.613. The number of nitrogens with zero attached hydrogens (tertiary/aromatic N) is 1. The molecule has 120 valence electrons. The standard InChI is InChI=1S/C14H23NO5S/c1-2-20-14(17)12-4-3-6-15(9-12)13(16)8-11-5-7-21(18,19)10-11/h11-12H,2-10H2,1H3/t11?,12-/m1/s1. The van der Waals surface area contributed by atoms with E-state index in [4.69, 9.17) is 4.74 Å². The van der Waals surface area contributed by atoms with Gasteiger partial charge in [-0.1, -0.05) is 0 Å². The molecule has 0 aromatic carbocycles. The number of piperidine rings is 1. The average Bonchev–Trinajstić information content (AvgIpc) is 2.78. The van der Waals surface area contributed by atoms with Crippen LogP contribution in [-0.2, 0) is 24.2 Å². The molecule has 2 saturated heterocycles. The van der Waals surface area contributed by atoms with Crippen molar-refractivity contribution in [3.8, 4) is 0 Å². The number of sulfone groups is 1. The third kappa shape index (κ3) is 4.43. The Morgan fingerprint density at radius 3 is 2.67 bits per heavy atom. The molecule has 0 saturated carbocycles. The van der Waals surface area contributed by atoms with E-state index >= 15 is 0 Å². The van der Waals surface area contributed by atoms with Crippen LogP contribution in [-0.4, -0.2) is 56.4 Å². The van der Waals surface area contributed by atoms with Gasteiger partial charge in [-0.05, 0) is 32.1 Å². The monoisotopic (exact) mass is 317 g/mol. The Balaban J connectivity index is 1.86. The second-order valence-corrected chi connectivity index (χ2v) is 8.13. The molecule has 2 aliphatic heterocycles. The highest BCUT2D eigenvalue weighted by atomic mass is 32.2. The van der Waals surface area contributed by atoms with Crippen molar-refractivity contribution >= 4 is 21.7 Å². The molecule has 0 aliphatic carbocycles. The Kier molecular flexibility index (Phi) is 5.24. The zero-order chi connectivity index (χ0) is 15.5. The molecule has 6 nitrogen and oxygen atoms in total. The summed E-state index contributed by atoms with van der Waals surface area (Å²) in [6.45, 7) is 3.17. The van der Waals surface area contributed by atoms with Crippen LogP contribution in [0.2, 0.25) is 0 Å². The van der Waals surface area contributed by atoms with E-state index in [0.717, 1.165) is 12.8 Å². The largest absolute Gasteiger partial charge is 0.466 e. The highest BCUT2D eigenvalue weighted by Gasteiger charge is 2.33. The summed E-state index contributed by atoms with van der Waals surface area (Å²) in [5.41, 5.74) is 0. The summed E-state index contributed by atoms with van der Waals surface area (Å²) < 4.78 is 27.9. The maximum Gasteiger partial charge on any atom is 0.310 e. The molecular formula is C14H23NO5S. The Morgan fingerprint density at radius 2 is 2.05 bits per heavy atom. The van der Waals surface area contributed by atoms with Crippen LogP contribution in [0.25, 0.3) is 0 Å². The number of ether oxygens (including phenoxy) is 1. The molecule has 2 rings (SSSR count). The van der Waals surface area contributed by atoms with Gasteiger partial charge in [0.1, 0.15) is 0 Å². The molecule has 2 heterocycles. The van der Waals surface area contributed by atoms with Crippen molar-refractivity contribution < 1.29 is 22.7 Å². The molecule has 7 heteroatoms. The first kappa shape index (κ1) is 16.3. The molecule has 2 atom stereocenters. The van der Waals surface area contributed by atoms with Crippen molar-refractivity contribution in [3.63, 3.8) is 0 Å². The SMILES string of the molecule is CCOC(=O)[C@@H]1CCCN(C(=O)CC2CCS(=O)(=O)C2)C1. The number of rotatable bonds is 4. The van der Waals surface area contributed by atoms with E-state index < -0.39 is 9.84 Å². The van der Waals surface area contributed by atoms with Crippen molar-refractivity contribution in [3.05, 3.63) is 0 Å². The van der Waals surface area contributed by atoms with Crippen LogP contribution in [0.5, 0.6) is 0 Å². The van der Waals surface area contributed by atoms with Gasteiger partial charge in [0.25, 0.3) is 0 Å². The molecule has 0 aromatic heterocycles. The molecule has 21 heavy (non-hydrogen) atoms. The second kappa shape index (κ2) is 6.77. The highest BCUT2D eigenvalue weighted by Crippen LogP contribution is 2.24. The fourth-order valence-corrected chi connectivity index (χ4v) is 4.93. The summed E-state index contributed by atoms with van der Waals surface area (Å²) in [4.78, 5) is 25.7. The van der Waals surface area contributed by atoms with Gasteiger partial charge in [0.05, 0.1) is 24.0 Å². The van der Waals surface area contributed by atoms with E-state index in [2.05, 4.69) is 0 Å². The molecular weight excluding hydrogens is 294 g/mol. The van der Waals surface area contributed by atoms with E-state index in [0.29, 0.717) is 26.1 Å². The topological polar surface area (TPSA) is 80.8 Å². The predicted molar refractivity (Wildman–Crippen MR) is 77.3 cm³/mol. The maximum absolute atomic E-state index is 12.3. The van der Waals surface area contributed by atoms with Crippen LogP contribution >= 0.6 is 0 Å². The number of carbonyl (C=O) groups is 2. The van der Waals surface area contributed by atoms with E-state index in [-0.39, 0.29) is 41.6 Å². The summed E-state index contributed by atoms with van der Waals surface area (Å²) in [6.07, 6.45) is 2.39. The normalized spacial score (nSPS) is 28.3. The molecule has 1 unspecified atom stereocenters. The summed E-state index contributed by atoms with van der Waals surface area (Å²) in [5.74, 6) is -0.269. The van der Waals surface area contributed by atoms with Gasteiger partial charge in [-0.15, -0.1) is 0 Å². The van der Waals surface area contributed by atoms with Gasteiger partial charge in [-0.3, -0.25) is 9.59 Å². The lowest BCUT2D eigenvalue weighted by molar-refractivity contribution is -0.151. The molecule has 2 fully saturated rings. The van der Waals surface area contributed by atoms with Gasteiger partial charge in [0.2, 0.25) is 5.91 Å². The lowest BCUT2D eigenvalue weighted by Crippen LogP contribution is -2.43. The molecule has 2 aliphatic rings. The zero-order valence-electron chi connectivity index (χ0n) is 12.4. The third-order valence-electron chi connectivity index (χ3n) is 4.18. The minimum Gasteiger partial charge on any atom is -0.466 e. The minimum absolute atomic E-state index is 0.0360. The first-order valence-electron chi connectivity index (χ1n) is 7.56. The zero-order valence-corrected chi connectivity index (χ0v) is 13.2. The van der Waals surface area contributed by atoms with Crippen molar-refractivity contribution in [2.45, 2.75) is 32.6 Å². The highest BCUT2D eigenvalue weighted by molar-refractivity contribution is 7.91. The third-order valence-corrected chi connectivity index (χ3v) is 6.02. The van der Waals surface area contributed by atoms with Crippen LogP contribution in [0, 0.1) is 11.8 Å².